The summed E-state index contributed by atoms with van der Waals surface area (Å²) in [5, 5.41) is 9.23. The van der Waals surface area contributed by atoms with Crippen molar-refractivity contribution in [1.82, 2.24) is 4.90 Å². The van der Waals surface area contributed by atoms with Gasteiger partial charge in [-0.25, -0.2) is 4.39 Å². The van der Waals surface area contributed by atoms with E-state index in [1.54, 1.807) is 6.07 Å². The predicted octanol–water partition coefficient (Wildman–Crippen LogP) is 2.94. The lowest BCUT2D eigenvalue weighted by Gasteiger charge is -2.39. The molecule has 1 saturated heterocycles. The average molecular weight is 279 g/mol. The van der Waals surface area contributed by atoms with Crippen molar-refractivity contribution in [2.75, 3.05) is 13.1 Å². The Morgan fingerprint density at radius 3 is 2.55 bits per heavy atom. The Balaban J connectivity index is 1.94. The van der Waals surface area contributed by atoms with Crippen LogP contribution in [0.4, 0.5) is 4.39 Å². The maximum atomic E-state index is 13.6. The van der Waals surface area contributed by atoms with E-state index in [1.807, 2.05) is 19.1 Å². The first-order valence-electron chi connectivity index (χ1n) is 7.13. The summed E-state index contributed by atoms with van der Waals surface area (Å²) in [6, 6.07) is 7.08. The average Bonchev–Trinajstić information content (AvgIpc) is 2.42. The fourth-order valence-corrected chi connectivity index (χ4v) is 2.78. The fourth-order valence-electron chi connectivity index (χ4n) is 2.78. The maximum absolute atomic E-state index is 13.6. The van der Waals surface area contributed by atoms with Gasteiger partial charge < -0.3 is 10.0 Å². The van der Waals surface area contributed by atoms with Crippen LogP contribution in [0.25, 0.3) is 0 Å². The molecule has 1 aromatic rings. The van der Waals surface area contributed by atoms with E-state index in [9.17, 15) is 14.3 Å². The van der Waals surface area contributed by atoms with Crippen LogP contribution in [0.5, 0.6) is 0 Å². The molecule has 110 valence electrons. The monoisotopic (exact) mass is 279 g/mol. The van der Waals surface area contributed by atoms with Gasteiger partial charge in [-0.1, -0.05) is 18.2 Å². The van der Waals surface area contributed by atoms with E-state index in [4.69, 9.17) is 0 Å². The number of carbonyl (C=O) groups is 1. The number of benzene rings is 1. The molecule has 0 saturated carbocycles. The Morgan fingerprint density at radius 2 is 2.00 bits per heavy atom. The Morgan fingerprint density at radius 1 is 1.40 bits per heavy atom. The standard InChI is InChI=1S/C16H22FNO2/c1-12(11-13-5-3-4-6-14(13)17)18-9-7-16(2,8-10-18)15(19)20/h3-6,12H,7-11H2,1-2H3,(H,19,20). The molecule has 1 fully saturated rings. The minimum absolute atomic E-state index is 0.160. The van der Waals surface area contributed by atoms with Crippen LogP contribution >= 0.6 is 0 Å². The van der Waals surface area contributed by atoms with Gasteiger partial charge in [0.05, 0.1) is 5.41 Å². The largest absolute Gasteiger partial charge is 0.481 e. The van der Waals surface area contributed by atoms with Crippen LogP contribution in [-0.4, -0.2) is 35.1 Å². The number of rotatable bonds is 4. The van der Waals surface area contributed by atoms with Crippen molar-refractivity contribution in [2.45, 2.75) is 39.2 Å². The van der Waals surface area contributed by atoms with Crippen LogP contribution in [0.3, 0.4) is 0 Å². The molecule has 0 bridgehead atoms. The van der Waals surface area contributed by atoms with Crippen LogP contribution in [0, 0.1) is 11.2 Å². The van der Waals surface area contributed by atoms with E-state index in [1.165, 1.54) is 6.07 Å². The molecule has 4 heteroatoms. The first-order chi connectivity index (χ1) is 9.42. The molecule has 20 heavy (non-hydrogen) atoms. The zero-order valence-corrected chi connectivity index (χ0v) is 12.1. The van der Waals surface area contributed by atoms with Crippen LogP contribution < -0.4 is 0 Å². The highest BCUT2D eigenvalue weighted by atomic mass is 19.1. The lowest BCUT2D eigenvalue weighted by atomic mass is 9.80. The normalized spacial score (nSPS) is 20.6. The van der Waals surface area contributed by atoms with Crippen molar-refractivity contribution >= 4 is 5.97 Å². The van der Waals surface area contributed by atoms with Gasteiger partial charge in [0.15, 0.2) is 0 Å². The second kappa shape index (κ2) is 5.92. The summed E-state index contributed by atoms with van der Waals surface area (Å²) in [4.78, 5) is 13.5. The van der Waals surface area contributed by atoms with E-state index < -0.39 is 11.4 Å². The minimum atomic E-state index is -0.709. The number of carboxylic acid groups (broad SMARTS) is 1. The van der Waals surface area contributed by atoms with E-state index in [2.05, 4.69) is 11.8 Å². The number of aliphatic carboxylic acids is 1. The summed E-state index contributed by atoms with van der Waals surface area (Å²) in [5.41, 5.74) is 0.125. The van der Waals surface area contributed by atoms with Crippen molar-refractivity contribution < 1.29 is 14.3 Å². The molecule has 0 amide bonds. The molecular weight excluding hydrogens is 257 g/mol. The zero-order chi connectivity index (χ0) is 14.8. The Kier molecular flexibility index (Phi) is 4.43. The topological polar surface area (TPSA) is 40.5 Å². The molecule has 0 spiro atoms. The molecular formula is C16H22FNO2. The van der Waals surface area contributed by atoms with E-state index in [-0.39, 0.29) is 11.9 Å². The number of carboxylic acids is 1. The summed E-state index contributed by atoms with van der Waals surface area (Å²) >= 11 is 0. The molecule has 1 heterocycles. The molecule has 0 aromatic heterocycles. The third-order valence-corrected chi connectivity index (χ3v) is 4.51. The second-order valence-corrected chi connectivity index (χ2v) is 6.05. The Bertz CT molecular complexity index is 481. The minimum Gasteiger partial charge on any atom is -0.481 e. The molecule has 0 radical (unpaired) electrons. The van der Waals surface area contributed by atoms with Gasteiger partial charge in [0.1, 0.15) is 5.82 Å². The van der Waals surface area contributed by atoms with Gasteiger partial charge in [0.2, 0.25) is 0 Å². The van der Waals surface area contributed by atoms with Gasteiger partial charge >= 0.3 is 5.97 Å². The number of hydrogen-bond acceptors (Lipinski definition) is 2. The van der Waals surface area contributed by atoms with Gasteiger partial charge in [-0.15, -0.1) is 0 Å². The molecule has 1 unspecified atom stereocenters. The lowest BCUT2D eigenvalue weighted by Crippen LogP contribution is -2.46. The number of halogens is 1. The highest BCUT2D eigenvalue weighted by Gasteiger charge is 2.37. The van der Waals surface area contributed by atoms with Crippen molar-refractivity contribution in [2.24, 2.45) is 5.41 Å². The first kappa shape index (κ1) is 15.0. The molecule has 1 N–H and O–H groups in total. The van der Waals surface area contributed by atoms with Crippen molar-refractivity contribution in [1.29, 1.82) is 0 Å². The first-order valence-corrected chi connectivity index (χ1v) is 7.13. The van der Waals surface area contributed by atoms with E-state index >= 15 is 0 Å². The van der Waals surface area contributed by atoms with E-state index in [0.717, 1.165) is 18.7 Å². The highest BCUT2D eigenvalue weighted by Crippen LogP contribution is 2.32. The van der Waals surface area contributed by atoms with Gasteiger partial charge in [0.25, 0.3) is 0 Å². The summed E-state index contributed by atoms with van der Waals surface area (Å²) in [7, 11) is 0. The van der Waals surface area contributed by atoms with Gasteiger partial charge in [-0.05, 0) is 57.8 Å². The van der Waals surface area contributed by atoms with Crippen LogP contribution in [0.1, 0.15) is 32.3 Å². The lowest BCUT2D eigenvalue weighted by molar-refractivity contribution is -0.151. The summed E-state index contributed by atoms with van der Waals surface area (Å²) in [6.07, 6.45) is 1.98. The molecule has 3 nitrogen and oxygen atoms in total. The summed E-state index contributed by atoms with van der Waals surface area (Å²) in [6.45, 7) is 5.42. The number of hydrogen-bond donors (Lipinski definition) is 1. The molecule has 1 aliphatic heterocycles. The second-order valence-electron chi connectivity index (χ2n) is 6.05. The van der Waals surface area contributed by atoms with Crippen LogP contribution in [0.15, 0.2) is 24.3 Å². The number of piperidine rings is 1. The van der Waals surface area contributed by atoms with Gasteiger partial charge in [0, 0.05) is 6.04 Å². The summed E-state index contributed by atoms with van der Waals surface area (Å²) in [5.74, 6) is -0.870. The fraction of sp³-hybridized carbons (Fsp3) is 0.562. The van der Waals surface area contributed by atoms with Crippen molar-refractivity contribution in [3.63, 3.8) is 0 Å². The molecule has 1 aromatic carbocycles. The summed E-state index contributed by atoms with van der Waals surface area (Å²) < 4.78 is 13.6. The Labute approximate surface area is 119 Å². The van der Waals surface area contributed by atoms with Crippen molar-refractivity contribution in [3.05, 3.63) is 35.6 Å². The maximum Gasteiger partial charge on any atom is 0.309 e. The van der Waals surface area contributed by atoms with Gasteiger partial charge in [-0.2, -0.15) is 0 Å². The predicted molar refractivity (Wildman–Crippen MR) is 76.1 cm³/mol. The molecule has 1 atom stereocenters. The molecule has 1 aliphatic rings. The Hall–Kier alpha value is -1.42. The number of likely N-dealkylation sites (tertiary alicyclic amines) is 1. The van der Waals surface area contributed by atoms with Crippen molar-refractivity contribution in [3.8, 4) is 0 Å². The van der Waals surface area contributed by atoms with Crippen LogP contribution in [-0.2, 0) is 11.2 Å². The quantitative estimate of drug-likeness (QED) is 0.921. The SMILES string of the molecule is CC(Cc1ccccc1F)N1CCC(C)(C(=O)O)CC1. The zero-order valence-electron chi connectivity index (χ0n) is 12.1. The molecule has 0 aliphatic carbocycles. The van der Waals surface area contributed by atoms with Crippen LogP contribution in [0.2, 0.25) is 0 Å². The highest BCUT2D eigenvalue weighted by molar-refractivity contribution is 5.74. The third-order valence-electron chi connectivity index (χ3n) is 4.51. The number of nitrogens with zero attached hydrogens (tertiary/aromatic N) is 1. The smallest absolute Gasteiger partial charge is 0.309 e. The van der Waals surface area contributed by atoms with Gasteiger partial charge in [-0.3, -0.25) is 4.79 Å². The third kappa shape index (κ3) is 3.18. The molecule has 2 rings (SSSR count). The van der Waals surface area contributed by atoms with E-state index in [0.29, 0.717) is 19.3 Å².